The van der Waals surface area contributed by atoms with E-state index in [2.05, 4.69) is 16.7 Å². The van der Waals surface area contributed by atoms with Gasteiger partial charge in [0.15, 0.2) is 0 Å². The zero-order valence-corrected chi connectivity index (χ0v) is 12.5. The SMILES string of the molecule is CC1CCCCN1CC1CCCN(C2CCOC2)C1. The monoisotopic (exact) mass is 266 g/mol. The lowest BCUT2D eigenvalue weighted by Gasteiger charge is -2.41. The van der Waals surface area contributed by atoms with E-state index >= 15 is 0 Å². The molecular formula is C16H30N2O. The fourth-order valence-corrected chi connectivity index (χ4v) is 4.15. The van der Waals surface area contributed by atoms with Gasteiger partial charge in [0.1, 0.15) is 0 Å². The number of likely N-dealkylation sites (tertiary alicyclic amines) is 2. The molecule has 3 aliphatic heterocycles. The minimum atomic E-state index is 0.724. The number of rotatable bonds is 3. The summed E-state index contributed by atoms with van der Waals surface area (Å²) in [4.78, 5) is 5.47. The van der Waals surface area contributed by atoms with E-state index in [1.807, 2.05) is 0 Å². The minimum absolute atomic E-state index is 0.724. The Labute approximate surface area is 118 Å². The summed E-state index contributed by atoms with van der Waals surface area (Å²) in [5, 5.41) is 0. The van der Waals surface area contributed by atoms with Gasteiger partial charge in [-0.1, -0.05) is 6.42 Å². The van der Waals surface area contributed by atoms with Gasteiger partial charge >= 0.3 is 0 Å². The van der Waals surface area contributed by atoms with Crippen LogP contribution in [0.1, 0.15) is 45.4 Å². The fourth-order valence-electron chi connectivity index (χ4n) is 4.15. The van der Waals surface area contributed by atoms with E-state index in [1.54, 1.807) is 0 Å². The standard InChI is InChI=1S/C16H30N2O/c1-14-5-2-3-8-17(14)11-15-6-4-9-18(12-15)16-7-10-19-13-16/h14-16H,2-13H2,1H3. The molecule has 3 heterocycles. The lowest BCUT2D eigenvalue weighted by molar-refractivity contribution is 0.0682. The summed E-state index contributed by atoms with van der Waals surface area (Å²) in [5.74, 6) is 0.898. The molecule has 110 valence electrons. The Morgan fingerprint density at radius 1 is 1.05 bits per heavy atom. The molecule has 0 saturated carbocycles. The van der Waals surface area contributed by atoms with Crippen molar-refractivity contribution < 1.29 is 4.74 Å². The van der Waals surface area contributed by atoms with Crippen molar-refractivity contribution in [3.8, 4) is 0 Å². The minimum Gasteiger partial charge on any atom is -0.380 e. The van der Waals surface area contributed by atoms with Crippen molar-refractivity contribution in [2.45, 2.75) is 57.5 Å². The predicted octanol–water partition coefficient (Wildman–Crippen LogP) is 2.36. The molecule has 3 unspecified atom stereocenters. The Morgan fingerprint density at radius 2 is 2.00 bits per heavy atom. The molecule has 0 radical (unpaired) electrons. The highest BCUT2D eigenvalue weighted by Gasteiger charge is 2.30. The Morgan fingerprint density at radius 3 is 2.79 bits per heavy atom. The molecule has 0 amide bonds. The van der Waals surface area contributed by atoms with Gasteiger partial charge in [-0.2, -0.15) is 0 Å². The third-order valence-electron chi connectivity index (χ3n) is 5.41. The molecule has 0 bridgehead atoms. The molecular weight excluding hydrogens is 236 g/mol. The zero-order chi connectivity index (χ0) is 13.1. The molecule has 3 nitrogen and oxygen atoms in total. The smallest absolute Gasteiger partial charge is 0.0622 e. The van der Waals surface area contributed by atoms with Gasteiger partial charge in [0.25, 0.3) is 0 Å². The van der Waals surface area contributed by atoms with Crippen molar-refractivity contribution in [2.75, 3.05) is 39.4 Å². The molecule has 19 heavy (non-hydrogen) atoms. The first kappa shape index (κ1) is 13.8. The first-order valence-corrected chi connectivity index (χ1v) is 8.39. The van der Waals surface area contributed by atoms with Crippen molar-refractivity contribution in [3.63, 3.8) is 0 Å². The molecule has 0 aromatic heterocycles. The highest BCUT2D eigenvalue weighted by atomic mass is 16.5. The zero-order valence-electron chi connectivity index (χ0n) is 12.5. The second-order valence-electron chi connectivity index (χ2n) is 6.86. The highest BCUT2D eigenvalue weighted by molar-refractivity contribution is 4.84. The molecule has 0 spiro atoms. The Kier molecular flexibility index (Phi) is 4.78. The van der Waals surface area contributed by atoms with Gasteiger partial charge in [-0.15, -0.1) is 0 Å². The maximum Gasteiger partial charge on any atom is 0.0622 e. The number of piperidine rings is 2. The second kappa shape index (κ2) is 6.55. The largest absolute Gasteiger partial charge is 0.380 e. The van der Waals surface area contributed by atoms with Crippen LogP contribution >= 0.6 is 0 Å². The summed E-state index contributed by atoms with van der Waals surface area (Å²) in [5.41, 5.74) is 0. The second-order valence-corrected chi connectivity index (χ2v) is 6.86. The van der Waals surface area contributed by atoms with Gasteiger partial charge in [0.2, 0.25) is 0 Å². The molecule has 3 heteroatoms. The van der Waals surface area contributed by atoms with Crippen molar-refractivity contribution in [1.29, 1.82) is 0 Å². The molecule has 3 atom stereocenters. The summed E-state index contributed by atoms with van der Waals surface area (Å²) < 4.78 is 5.56. The number of nitrogens with zero attached hydrogens (tertiary/aromatic N) is 2. The molecule has 0 aromatic rings. The summed E-state index contributed by atoms with van der Waals surface area (Å²) >= 11 is 0. The van der Waals surface area contributed by atoms with Crippen LogP contribution in [0, 0.1) is 5.92 Å². The van der Waals surface area contributed by atoms with Gasteiger partial charge in [-0.25, -0.2) is 0 Å². The molecule has 3 aliphatic rings. The average Bonchev–Trinajstić information content (AvgIpc) is 2.96. The lowest BCUT2D eigenvalue weighted by atomic mass is 9.93. The molecule has 3 rings (SSSR count). The first-order chi connectivity index (χ1) is 9.33. The summed E-state index contributed by atoms with van der Waals surface area (Å²) in [7, 11) is 0. The van der Waals surface area contributed by atoms with E-state index in [0.717, 1.165) is 31.2 Å². The van der Waals surface area contributed by atoms with E-state index < -0.39 is 0 Å². The quantitative estimate of drug-likeness (QED) is 0.780. The van der Waals surface area contributed by atoms with Gasteiger partial charge in [-0.05, 0) is 58.0 Å². The molecule has 0 N–H and O–H groups in total. The number of ether oxygens (including phenoxy) is 1. The Hall–Kier alpha value is -0.120. The van der Waals surface area contributed by atoms with Gasteiger partial charge in [0.05, 0.1) is 6.61 Å². The van der Waals surface area contributed by atoms with Crippen LogP contribution in [0.3, 0.4) is 0 Å². The number of hydrogen-bond donors (Lipinski definition) is 0. The van der Waals surface area contributed by atoms with Crippen LogP contribution < -0.4 is 0 Å². The summed E-state index contributed by atoms with van der Waals surface area (Å²) in [6.07, 6.45) is 8.35. The highest BCUT2D eigenvalue weighted by Crippen LogP contribution is 2.25. The van der Waals surface area contributed by atoms with Crippen LogP contribution in [0.15, 0.2) is 0 Å². The average molecular weight is 266 g/mol. The van der Waals surface area contributed by atoms with Crippen molar-refractivity contribution in [1.82, 2.24) is 9.80 Å². The topological polar surface area (TPSA) is 15.7 Å². The number of hydrogen-bond acceptors (Lipinski definition) is 3. The van der Waals surface area contributed by atoms with Crippen molar-refractivity contribution >= 4 is 0 Å². The predicted molar refractivity (Wildman–Crippen MR) is 78.4 cm³/mol. The van der Waals surface area contributed by atoms with Gasteiger partial charge in [0, 0.05) is 31.8 Å². The third-order valence-corrected chi connectivity index (χ3v) is 5.41. The van der Waals surface area contributed by atoms with Crippen LogP contribution in [-0.4, -0.2) is 61.3 Å². The molecule has 3 fully saturated rings. The summed E-state index contributed by atoms with van der Waals surface area (Å²) in [6, 6.07) is 1.54. The van der Waals surface area contributed by atoms with Crippen LogP contribution in [0.5, 0.6) is 0 Å². The molecule has 0 aromatic carbocycles. The normalized spacial score (nSPS) is 38.7. The lowest BCUT2D eigenvalue weighted by Crippen LogP contribution is -2.48. The van der Waals surface area contributed by atoms with Crippen LogP contribution in [0.2, 0.25) is 0 Å². The third kappa shape index (κ3) is 3.50. The van der Waals surface area contributed by atoms with Gasteiger partial charge < -0.3 is 9.64 Å². The Bertz CT molecular complexity index is 278. The van der Waals surface area contributed by atoms with Crippen molar-refractivity contribution in [3.05, 3.63) is 0 Å². The van der Waals surface area contributed by atoms with E-state index in [9.17, 15) is 0 Å². The van der Waals surface area contributed by atoms with Crippen LogP contribution in [0.25, 0.3) is 0 Å². The molecule has 3 saturated heterocycles. The van der Waals surface area contributed by atoms with E-state index in [0.29, 0.717) is 0 Å². The Balaban J connectivity index is 1.50. The van der Waals surface area contributed by atoms with E-state index in [-0.39, 0.29) is 0 Å². The fraction of sp³-hybridized carbons (Fsp3) is 1.00. The van der Waals surface area contributed by atoms with E-state index in [1.165, 1.54) is 64.7 Å². The first-order valence-electron chi connectivity index (χ1n) is 8.39. The summed E-state index contributed by atoms with van der Waals surface area (Å²) in [6.45, 7) is 9.68. The van der Waals surface area contributed by atoms with Crippen molar-refractivity contribution in [2.24, 2.45) is 5.92 Å². The maximum absolute atomic E-state index is 5.56. The maximum atomic E-state index is 5.56. The van der Waals surface area contributed by atoms with Crippen LogP contribution in [0.4, 0.5) is 0 Å². The van der Waals surface area contributed by atoms with E-state index in [4.69, 9.17) is 4.74 Å². The molecule has 0 aliphatic carbocycles. The van der Waals surface area contributed by atoms with Gasteiger partial charge in [-0.3, -0.25) is 4.90 Å². The van der Waals surface area contributed by atoms with Crippen LogP contribution in [-0.2, 0) is 4.74 Å².